The number of hydrogen-bond acceptors (Lipinski definition) is 3. The quantitative estimate of drug-likeness (QED) is 0.726. The number of carboxylic acid groups (broad SMARTS) is 1. The number of benzene rings is 1. The summed E-state index contributed by atoms with van der Waals surface area (Å²) in [5.41, 5.74) is 2.03. The van der Waals surface area contributed by atoms with Crippen LogP contribution in [-0.4, -0.2) is 25.7 Å². The number of nitrogens with zero attached hydrogens (tertiary/aromatic N) is 3. The molecule has 1 aliphatic rings. The zero-order valence-electron chi connectivity index (χ0n) is 12.5. The Labute approximate surface area is 145 Å². The standard InChI is InChI=1S/C17H13BrFN3O2/c18-11-6-2-5-10(16(11)19)12-8-15-20-13(17(23)24)7-14(22(15)21-12)9-3-1-4-9/h2,5-9H,1,3-4H2,(H,23,24). The summed E-state index contributed by atoms with van der Waals surface area (Å²) >= 11 is 3.17. The van der Waals surface area contributed by atoms with Crippen molar-refractivity contribution < 1.29 is 14.3 Å². The molecule has 1 aromatic carbocycles. The van der Waals surface area contributed by atoms with Gasteiger partial charge in [0.2, 0.25) is 0 Å². The molecular formula is C17H13BrFN3O2. The molecule has 5 nitrogen and oxygen atoms in total. The second-order valence-electron chi connectivity index (χ2n) is 5.90. The monoisotopic (exact) mass is 389 g/mol. The molecule has 1 N–H and O–H groups in total. The molecule has 0 bridgehead atoms. The molecule has 4 rings (SSSR count). The van der Waals surface area contributed by atoms with Crippen molar-refractivity contribution in [3.63, 3.8) is 0 Å². The molecule has 0 atom stereocenters. The Balaban J connectivity index is 1.93. The Kier molecular flexibility index (Phi) is 3.60. The highest BCUT2D eigenvalue weighted by Gasteiger charge is 2.25. The first-order chi connectivity index (χ1) is 11.5. The van der Waals surface area contributed by atoms with Crippen LogP contribution >= 0.6 is 15.9 Å². The van der Waals surface area contributed by atoms with Crippen LogP contribution in [0.1, 0.15) is 41.4 Å². The fourth-order valence-corrected chi connectivity index (χ4v) is 3.30. The SMILES string of the molecule is O=C(O)c1cc(C2CCC2)n2nc(-c3cccc(Br)c3F)cc2n1. The van der Waals surface area contributed by atoms with Gasteiger partial charge >= 0.3 is 5.97 Å². The Hall–Kier alpha value is -2.28. The predicted molar refractivity (Wildman–Crippen MR) is 89.6 cm³/mol. The molecule has 0 spiro atoms. The van der Waals surface area contributed by atoms with E-state index in [1.165, 1.54) is 0 Å². The third-order valence-electron chi connectivity index (χ3n) is 4.42. The zero-order valence-corrected chi connectivity index (χ0v) is 14.1. The number of aromatic nitrogens is 3. The van der Waals surface area contributed by atoms with E-state index >= 15 is 0 Å². The molecule has 0 radical (unpaired) electrons. The van der Waals surface area contributed by atoms with Crippen LogP contribution in [-0.2, 0) is 0 Å². The summed E-state index contributed by atoms with van der Waals surface area (Å²) in [4.78, 5) is 15.5. The van der Waals surface area contributed by atoms with Crippen molar-refractivity contribution in [1.82, 2.24) is 14.6 Å². The van der Waals surface area contributed by atoms with E-state index in [0.29, 0.717) is 21.4 Å². The molecule has 2 aromatic heterocycles. The first kappa shape index (κ1) is 15.3. The highest BCUT2D eigenvalue weighted by Crippen LogP contribution is 2.37. The third-order valence-corrected chi connectivity index (χ3v) is 5.04. The fraction of sp³-hybridized carbons (Fsp3) is 0.235. The van der Waals surface area contributed by atoms with Crippen molar-refractivity contribution in [2.24, 2.45) is 0 Å². The molecule has 3 aromatic rings. The summed E-state index contributed by atoms with van der Waals surface area (Å²) in [6.07, 6.45) is 3.11. The van der Waals surface area contributed by atoms with Gasteiger partial charge in [-0.3, -0.25) is 0 Å². The third kappa shape index (κ3) is 2.39. The number of hydrogen-bond donors (Lipinski definition) is 1. The molecule has 1 saturated carbocycles. The fourth-order valence-electron chi connectivity index (χ4n) is 2.94. The van der Waals surface area contributed by atoms with E-state index in [1.807, 2.05) is 0 Å². The molecule has 7 heteroatoms. The van der Waals surface area contributed by atoms with E-state index in [4.69, 9.17) is 0 Å². The summed E-state index contributed by atoms with van der Waals surface area (Å²) in [6, 6.07) is 8.19. The van der Waals surface area contributed by atoms with Crippen LogP contribution < -0.4 is 0 Å². The van der Waals surface area contributed by atoms with Crippen molar-refractivity contribution in [3.05, 3.63) is 52.0 Å². The number of fused-ring (bicyclic) bond motifs is 1. The molecule has 1 fully saturated rings. The average Bonchev–Trinajstić information content (AvgIpc) is 2.92. The van der Waals surface area contributed by atoms with Gasteiger partial charge in [-0.15, -0.1) is 0 Å². The largest absolute Gasteiger partial charge is 0.477 e. The number of rotatable bonds is 3. The molecule has 0 aliphatic heterocycles. The van der Waals surface area contributed by atoms with Gasteiger partial charge in [0.1, 0.15) is 5.82 Å². The second kappa shape index (κ2) is 5.66. The molecule has 0 saturated heterocycles. The number of carbonyl (C=O) groups is 1. The lowest BCUT2D eigenvalue weighted by molar-refractivity contribution is 0.0690. The van der Waals surface area contributed by atoms with Gasteiger partial charge < -0.3 is 5.11 Å². The van der Waals surface area contributed by atoms with E-state index in [0.717, 1.165) is 25.0 Å². The van der Waals surface area contributed by atoms with Gasteiger partial charge in [0.25, 0.3) is 0 Å². The summed E-state index contributed by atoms with van der Waals surface area (Å²) in [6.45, 7) is 0. The number of carboxylic acids is 1. The lowest BCUT2D eigenvalue weighted by atomic mass is 9.82. The summed E-state index contributed by atoms with van der Waals surface area (Å²) in [5, 5.41) is 13.8. The van der Waals surface area contributed by atoms with Gasteiger partial charge in [-0.25, -0.2) is 18.7 Å². The van der Waals surface area contributed by atoms with E-state index in [1.54, 1.807) is 34.8 Å². The van der Waals surface area contributed by atoms with E-state index < -0.39 is 11.8 Å². The van der Waals surface area contributed by atoms with Crippen molar-refractivity contribution in [2.75, 3.05) is 0 Å². The van der Waals surface area contributed by atoms with Crippen LogP contribution in [0.25, 0.3) is 16.9 Å². The maximum atomic E-state index is 14.3. The van der Waals surface area contributed by atoms with E-state index in [-0.39, 0.29) is 11.6 Å². The minimum atomic E-state index is -1.07. The van der Waals surface area contributed by atoms with Gasteiger partial charge in [-0.05, 0) is 47.0 Å². The summed E-state index contributed by atoms with van der Waals surface area (Å²) in [5.74, 6) is -1.20. The molecule has 24 heavy (non-hydrogen) atoms. The molecular weight excluding hydrogens is 377 g/mol. The van der Waals surface area contributed by atoms with Gasteiger partial charge in [-0.1, -0.05) is 12.5 Å². The lowest BCUT2D eigenvalue weighted by Gasteiger charge is -2.26. The molecule has 122 valence electrons. The highest BCUT2D eigenvalue weighted by molar-refractivity contribution is 9.10. The minimum absolute atomic E-state index is 0.00874. The van der Waals surface area contributed by atoms with Crippen molar-refractivity contribution >= 4 is 27.5 Å². The summed E-state index contributed by atoms with van der Waals surface area (Å²) < 4.78 is 16.4. The van der Waals surface area contributed by atoms with Crippen LogP contribution in [0.15, 0.2) is 34.8 Å². The van der Waals surface area contributed by atoms with Gasteiger partial charge in [0, 0.05) is 23.2 Å². The van der Waals surface area contributed by atoms with Gasteiger partial charge in [0.15, 0.2) is 11.3 Å². The molecule has 2 heterocycles. The topological polar surface area (TPSA) is 67.5 Å². The van der Waals surface area contributed by atoms with Gasteiger partial charge in [0.05, 0.1) is 10.2 Å². The van der Waals surface area contributed by atoms with Crippen molar-refractivity contribution in [1.29, 1.82) is 0 Å². The smallest absolute Gasteiger partial charge is 0.354 e. The Morgan fingerprint density at radius 2 is 2.12 bits per heavy atom. The van der Waals surface area contributed by atoms with Crippen LogP contribution in [0.3, 0.4) is 0 Å². The maximum absolute atomic E-state index is 14.3. The Morgan fingerprint density at radius 3 is 2.79 bits per heavy atom. The van der Waals surface area contributed by atoms with Gasteiger partial charge in [-0.2, -0.15) is 5.10 Å². The van der Waals surface area contributed by atoms with Crippen molar-refractivity contribution in [3.8, 4) is 11.3 Å². The number of aromatic carboxylic acids is 1. The minimum Gasteiger partial charge on any atom is -0.477 e. The zero-order chi connectivity index (χ0) is 16.8. The van der Waals surface area contributed by atoms with Crippen LogP contribution in [0.4, 0.5) is 4.39 Å². The Bertz CT molecular complexity index is 966. The van der Waals surface area contributed by atoms with Crippen molar-refractivity contribution in [2.45, 2.75) is 25.2 Å². The molecule has 0 amide bonds. The first-order valence-corrected chi connectivity index (χ1v) is 8.42. The lowest BCUT2D eigenvalue weighted by Crippen LogP contribution is -2.16. The Morgan fingerprint density at radius 1 is 1.33 bits per heavy atom. The van der Waals surface area contributed by atoms with Crippen LogP contribution in [0.5, 0.6) is 0 Å². The van der Waals surface area contributed by atoms with E-state index in [2.05, 4.69) is 26.0 Å². The first-order valence-electron chi connectivity index (χ1n) is 7.63. The maximum Gasteiger partial charge on any atom is 0.354 e. The van der Waals surface area contributed by atoms with E-state index in [9.17, 15) is 14.3 Å². The van der Waals surface area contributed by atoms with Crippen LogP contribution in [0, 0.1) is 5.82 Å². The normalized spacial score (nSPS) is 14.8. The molecule has 0 unspecified atom stereocenters. The number of halogens is 2. The highest BCUT2D eigenvalue weighted by atomic mass is 79.9. The predicted octanol–water partition coefficient (Wildman–Crippen LogP) is 4.26. The second-order valence-corrected chi connectivity index (χ2v) is 6.75. The average molecular weight is 390 g/mol. The van der Waals surface area contributed by atoms with Crippen LogP contribution in [0.2, 0.25) is 0 Å². The summed E-state index contributed by atoms with van der Waals surface area (Å²) in [7, 11) is 0. The molecule has 1 aliphatic carbocycles.